The summed E-state index contributed by atoms with van der Waals surface area (Å²) in [5.74, 6) is 0.235. The number of aromatic nitrogens is 1. The number of likely N-dealkylation sites (tertiary alicyclic amines) is 1. The van der Waals surface area contributed by atoms with Crippen LogP contribution in [-0.2, 0) is 0 Å². The minimum Gasteiger partial charge on any atom is -0.360 e. The number of nitrogens with zero attached hydrogens (tertiary/aromatic N) is 2. The van der Waals surface area contributed by atoms with Gasteiger partial charge in [-0.25, -0.2) is 0 Å². The Morgan fingerprint density at radius 1 is 1.10 bits per heavy atom. The largest absolute Gasteiger partial charge is 0.360 e. The summed E-state index contributed by atoms with van der Waals surface area (Å²) in [7, 11) is 0. The van der Waals surface area contributed by atoms with Gasteiger partial charge in [0.05, 0.1) is 10.7 Å². The molecule has 148 valence electrons. The highest BCUT2D eigenvalue weighted by molar-refractivity contribution is 6.33. The fraction of sp³-hybridized carbons (Fsp3) is 0.227. The summed E-state index contributed by atoms with van der Waals surface area (Å²) in [5.41, 5.74) is 1.37. The number of carbonyl (C=O) groups excluding carboxylic acids is 2. The normalized spacial score (nSPS) is 16.4. The monoisotopic (exact) mass is 409 g/mol. The van der Waals surface area contributed by atoms with Gasteiger partial charge in [0, 0.05) is 30.6 Å². The molecule has 1 saturated heterocycles. The van der Waals surface area contributed by atoms with Gasteiger partial charge in [0.1, 0.15) is 5.76 Å². The van der Waals surface area contributed by atoms with Crippen LogP contribution in [0.15, 0.2) is 65.2 Å². The molecule has 0 aliphatic carbocycles. The standard InChI is InChI=1S/C22H20ClN3O3/c23-17-10-4-5-11-18(17)24-21(27)19-13-20(29-25-19)16-9-6-12-26(14-16)22(28)15-7-2-1-3-8-15/h1-5,7-8,10-11,13,16H,6,9,12,14H2,(H,24,27). The highest BCUT2D eigenvalue weighted by atomic mass is 35.5. The first kappa shape index (κ1) is 19.2. The Labute approximate surface area is 173 Å². The molecule has 4 rings (SSSR count). The molecule has 1 aliphatic rings. The van der Waals surface area contributed by atoms with Crippen LogP contribution in [-0.4, -0.2) is 35.0 Å². The molecular formula is C22H20ClN3O3. The van der Waals surface area contributed by atoms with Gasteiger partial charge in [0.25, 0.3) is 11.8 Å². The Morgan fingerprint density at radius 3 is 2.66 bits per heavy atom. The van der Waals surface area contributed by atoms with Crippen LogP contribution in [0.2, 0.25) is 5.02 Å². The number of amides is 2. The van der Waals surface area contributed by atoms with Crippen LogP contribution in [0.4, 0.5) is 5.69 Å². The van der Waals surface area contributed by atoms with Crippen LogP contribution < -0.4 is 5.32 Å². The maximum atomic E-state index is 12.7. The van der Waals surface area contributed by atoms with E-state index < -0.39 is 0 Å². The molecule has 0 saturated carbocycles. The summed E-state index contributed by atoms with van der Waals surface area (Å²) in [6, 6.07) is 17.9. The molecule has 0 bridgehead atoms. The second-order valence-corrected chi connectivity index (χ2v) is 7.41. The average Bonchev–Trinajstić information content (AvgIpc) is 3.26. The third-order valence-corrected chi connectivity index (χ3v) is 5.34. The predicted molar refractivity (Wildman–Crippen MR) is 110 cm³/mol. The number of hydrogen-bond donors (Lipinski definition) is 1. The van der Waals surface area contributed by atoms with Gasteiger partial charge in [-0.1, -0.05) is 47.1 Å². The van der Waals surface area contributed by atoms with Crippen molar-refractivity contribution in [2.45, 2.75) is 18.8 Å². The predicted octanol–water partition coefficient (Wildman–Crippen LogP) is 4.60. The Kier molecular flexibility index (Phi) is 5.62. The lowest BCUT2D eigenvalue weighted by molar-refractivity contribution is 0.0697. The molecule has 0 spiro atoms. The SMILES string of the molecule is O=C(Nc1ccccc1Cl)c1cc(C2CCCN(C(=O)c3ccccc3)C2)on1. The minimum atomic E-state index is -0.388. The van der Waals surface area contributed by atoms with Crippen molar-refractivity contribution in [3.8, 4) is 0 Å². The number of carbonyl (C=O) groups is 2. The Bertz CT molecular complexity index is 1020. The van der Waals surface area contributed by atoms with E-state index in [2.05, 4.69) is 10.5 Å². The molecule has 1 N–H and O–H groups in total. The number of para-hydroxylation sites is 1. The Morgan fingerprint density at radius 2 is 1.86 bits per heavy atom. The highest BCUT2D eigenvalue weighted by Gasteiger charge is 2.28. The first-order valence-corrected chi connectivity index (χ1v) is 9.86. The van der Waals surface area contributed by atoms with Crippen LogP contribution in [0.5, 0.6) is 0 Å². The summed E-state index contributed by atoms with van der Waals surface area (Å²) < 4.78 is 5.45. The van der Waals surface area contributed by atoms with Crippen LogP contribution in [0.25, 0.3) is 0 Å². The van der Waals surface area contributed by atoms with Gasteiger partial charge in [0.2, 0.25) is 0 Å². The molecule has 1 unspecified atom stereocenters. The second-order valence-electron chi connectivity index (χ2n) is 7.00. The second kappa shape index (κ2) is 8.49. The van der Waals surface area contributed by atoms with E-state index in [1.165, 1.54) is 0 Å². The summed E-state index contributed by atoms with van der Waals surface area (Å²) in [6.07, 6.45) is 1.74. The molecule has 7 heteroatoms. The van der Waals surface area contributed by atoms with Crippen molar-refractivity contribution in [3.05, 3.63) is 82.7 Å². The molecule has 1 fully saturated rings. The van der Waals surface area contributed by atoms with Gasteiger partial charge in [-0.15, -0.1) is 0 Å². The van der Waals surface area contributed by atoms with Gasteiger partial charge < -0.3 is 14.7 Å². The summed E-state index contributed by atoms with van der Waals surface area (Å²) in [5, 5.41) is 7.10. The third-order valence-electron chi connectivity index (χ3n) is 5.01. The zero-order chi connectivity index (χ0) is 20.2. The minimum absolute atomic E-state index is 0.00535. The van der Waals surface area contributed by atoms with Gasteiger partial charge in [-0.2, -0.15) is 0 Å². The van der Waals surface area contributed by atoms with Crippen molar-refractivity contribution in [2.24, 2.45) is 0 Å². The molecule has 2 heterocycles. The molecule has 3 aromatic rings. The fourth-order valence-corrected chi connectivity index (χ4v) is 3.68. The van der Waals surface area contributed by atoms with Crippen molar-refractivity contribution in [2.75, 3.05) is 18.4 Å². The number of rotatable bonds is 4. The van der Waals surface area contributed by atoms with E-state index in [4.69, 9.17) is 16.1 Å². The molecule has 2 aromatic carbocycles. The summed E-state index contributed by atoms with van der Waals surface area (Å²) >= 11 is 6.08. The van der Waals surface area contributed by atoms with E-state index in [-0.39, 0.29) is 23.4 Å². The van der Waals surface area contributed by atoms with Crippen LogP contribution in [0, 0.1) is 0 Å². The van der Waals surface area contributed by atoms with E-state index >= 15 is 0 Å². The zero-order valence-electron chi connectivity index (χ0n) is 15.7. The van der Waals surface area contributed by atoms with Crippen molar-refractivity contribution >= 4 is 29.1 Å². The Hall–Kier alpha value is -3.12. The summed E-state index contributed by atoms with van der Waals surface area (Å²) in [4.78, 5) is 27.0. The molecule has 29 heavy (non-hydrogen) atoms. The van der Waals surface area contributed by atoms with E-state index in [1.54, 1.807) is 30.3 Å². The summed E-state index contributed by atoms with van der Waals surface area (Å²) in [6.45, 7) is 1.24. The van der Waals surface area contributed by atoms with Gasteiger partial charge in [-0.05, 0) is 37.1 Å². The molecule has 1 aromatic heterocycles. The van der Waals surface area contributed by atoms with E-state index in [0.717, 1.165) is 12.8 Å². The van der Waals surface area contributed by atoms with Gasteiger partial charge >= 0.3 is 0 Å². The molecule has 1 atom stereocenters. The van der Waals surface area contributed by atoms with Crippen molar-refractivity contribution in [3.63, 3.8) is 0 Å². The number of nitrogens with one attached hydrogen (secondary N) is 1. The lowest BCUT2D eigenvalue weighted by atomic mass is 9.94. The van der Waals surface area contributed by atoms with Crippen molar-refractivity contribution < 1.29 is 14.1 Å². The zero-order valence-corrected chi connectivity index (χ0v) is 16.4. The maximum Gasteiger partial charge on any atom is 0.277 e. The first-order chi connectivity index (χ1) is 14.1. The highest BCUT2D eigenvalue weighted by Crippen LogP contribution is 2.29. The number of benzene rings is 2. The van der Waals surface area contributed by atoms with Gasteiger partial charge in [0.15, 0.2) is 5.69 Å². The first-order valence-electron chi connectivity index (χ1n) is 9.48. The molecule has 2 amide bonds. The molecule has 0 radical (unpaired) electrons. The fourth-order valence-electron chi connectivity index (χ4n) is 3.49. The third kappa shape index (κ3) is 4.32. The van der Waals surface area contributed by atoms with E-state index in [9.17, 15) is 9.59 Å². The number of piperidine rings is 1. The molecular weight excluding hydrogens is 390 g/mol. The topological polar surface area (TPSA) is 75.4 Å². The van der Waals surface area contributed by atoms with E-state index in [1.807, 2.05) is 35.2 Å². The lowest BCUT2D eigenvalue weighted by Crippen LogP contribution is -2.39. The van der Waals surface area contributed by atoms with Crippen molar-refractivity contribution in [1.29, 1.82) is 0 Å². The van der Waals surface area contributed by atoms with Crippen LogP contribution >= 0.6 is 11.6 Å². The average molecular weight is 410 g/mol. The van der Waals surface area contributed by atoms with Crippen LogP contribution in [0.1, 0.15) is 45.4 Å². The van der Waals surface area contributed by atoms with Gasteiger partial charge in [-0.3, -0.25) is 9.59 Å². The number of halogens is 1. The van der Waals surface area contributed by atoms with E-state index in [0.29, 0.717) is 35.1 Å². The number of anilines is 1. The van der Waals surface area contributed by atoms with Crippen molar-refractivity contribution in [1.82, 2.24) is 10.1 Å². The molecule has 6 nitrogen and oxygen atoms in total. The Balaban J connectivity index is 1.44. The smallest absolute Gasteiger partial charge is 0.277 e. The quantitative estimate of drug-likeness (QED) is 0.683. The lowest BCUT2D eigenvalue weighted by Gasteiger charge is -2.31. The molecule has 1 aliphatic heterocycles. The number of hydrogen-bond acceptors (Lipinski definition) is 4. The maximum absolute atomic E-state index is 12.7. The van der Waals surface area contributed by atoms with Crippen LogP contribution in [0.3, 0.4) is 0 Å².